The van der Waals surface area contributed by atoms with Gasteiger partial charge in [0.15, 0.2) is 0 Å². The second-order valence-corrected chi connectivity index (χ2v) is 2.79. The molecule has 0 fully saturated rings. The molecule has 1 rings (SSSR count). The fourth-order valence-corrected chi connectivity index (χ4v) is 0.974. The first-order chi connectivity index (χ1) is 5.11. The number of hydrogen-bond donors (Lipinski definition) is 1. The highest BCUT2D eigenvalue weighted by Gasteiger charge is 2.00. The molecule has 58 valence electrons. The van der Waals surface area contributed by atoms with Crippen LogP contribution in [0.4, 0.5) is 5.69 Å². The number of aromatic carboxylic acids is 1. The van der Waals surface area contributed by atoms with Crippen molar-refractivity contribution in [2.45, 2.75) is 0 Å². The second kappa shape index (κ2) is 2.87. The highest BCUT2D eigenvalue weighted by Crippen LogP contribution is 2.14. The van der Waals surface area contributed by atoms with Gasteiger partial charge >= 0.3 is 0 Å². The number of nitrogen functional groups attached to an aromatic ring is 1. The van der Waals surface area contributed by atoms with Gasteiger partial charge in [-0.2, -0.15) is 0 Å². The highest BCUT2D eigenvalue weighted by molar-refractivity contribution is 9.10. The van der Waals surface area contributed by atoms with Crippen LogP contribution in [0.1, 0.15) is 10.5 Å². The SMILES string of the molecule is Nc1cc(Br)cnc1C(=O)[O-]. The third-order valence-corrected chi connectivity index (χ3v) is 1.51. The van der Waals surface area contributed by atoms with Crippen molar-refractivity contribution in [3.8, 4) is 0 Å². The number of carboxylic acids is 1. The lowest BCUT2D eigenvalue weighted by atomic mass is 10.3. The van der Waals surface area contributed by atoms with Gasteiger partial charge in [0.1, 0.15) is 5.69 Å². The van der Waals surface area contributed by atoms with E-state index < -0.39 is 5.97 Å². The number of carboxylic acid groups (broad SMARTS) is 1. The lowest BCUT2D eigenvalue weighted by Crippen LogP contribution is -2.24. The Balaban J connectivity index is 3.20. The van der Waals surface area contributed by atoms with Gasteiger partial charge < -0.3 is 15.6 Å². The molecular weight excluding hydrogens is 212 g/mol. The third-order valence-electron chi connectivity index (χ3n) is 1.08. The van der Waals surface area contributed by atoms with E-state index in [4.69, 9.17) is 5.73 Å². The number of aromatic nitrogens is 1. The Morgan fingerprint density at radius 2 is 2.36 bits per heavy atom. The lowest BCUT2D eigenvalue weighted by Gasteiger charge is -2.04. The lowest BCUT2D eigenvalue weighted by molar-refractivity contribution is -0.255. The minimum atomic E-state index is -1.37. The Kier molecular flexibility index (Phi) is 2.09. The maximum Gasteiger partial charge on any atom is 0.109 e. The maximum absolute atomic E-state index is 10.3. The molecule has 0 aliphatic rings. The van der Waals surface area contributed by atoms with E-state index in [2.05, 4.69) is 20.9 Å². The van der Waals surface area contributed by atoms with Gasteiger partial charge in [0.25, 0.3) is 0 Å². The molecule has 0 bridgehead atoms. The summed E-state index contributed by atoms with van der Waals surface area (Å²) >= 11 is 3.09. The summed E-state index contributed by atoms with van der Waals surface area (Å²) in [6, 6.07) is 1.46. The van der Waals surface area contributed by atoms with Crippen molar-refractivity contribution in [3.05, 3.63) is 22.4 Å². The first-order valence-corrected chi connectivity index (χ1v) is 3.53. The first-order valence-electron chi connectivity index (χ1n) is 2.73. The summed E-state index contributed by atoms with van der Waals surface area (Å²) in [5.41, 5.74) is 5.18. The topological polar surface area (TPSA) is 79.0 Å². The minimum absolute atomic E-state index is 0.0966. The zero-order chi connectivity index (χ0) is 8.43. The molecule has 0 spiro atoms. The number of rotatable bonds is 1. The summed E-state index contributed by atoms with van der Waals surface area (Å²) in [5.74, 6) is -1.37. The highest BCUT2D eigenvalue weighted by atomic mass is 79.9. The molecule has 1 heterocycles. The molecule has 0 aromatic carbocycles. The predicted octanol–water partition coefficient (Wildman–Crippen LogP) is -0.210. The standard InChI is InChI=1S/C6H5BrN2O2/c7-3-1-4(8)5(6(10)11)9-2-3/h1-2H,8H2,(H,10,11)/p-1. The van der Waals surface area contributed by atoms with Crippen molar-refractivity contribution in [1.29, 1.82) is 0 Å². The number of anilines is 1. The smallest absolute Gasteiger partial charge is 0.109 e. The van der Waals surface area contributed by atoms with Crippen LogP contribution in [-0.4, -0.2) is 11.0 Å². The Hall–Kier alpha value is -1.10. The number of pyridine rings is 1. The molecule has 0 amide bonds. The summed E-state index contributed by atoms with van der Waals surface area (Å²) in [7, 11) is 0. The molecule has 1 aromatic heterocycles. The van der Waals surface area contributed by atoms with Gasteiger partial charge in [-0.3, -0.25) is 4.98 Å². The molecule has 0 saturated carbocycles. The zero-order valence-electron chi connectivity index (χ0n) is 5.37. The molecule has 4 nitrogen and oxygen atoms in total. The molecule has 0 saturated heterocycles. The van der Waals surface area contributed by atoms with E-state index in [0.717, 1.165) is 0 Å². The van der Waals surface area contributed by atoms with Crippen molar-refractivity contribution in [2.75, 3.05) is 5.73 Å². The average molecular weight is 216 g/mol. The van der Waals surface area contributed by atoms with E-state index in [1.807, 2.05) is 0 Å². The van der Waals surface area contributed by atoms with Crippen LogP contribution < -0.4 is 10.8 Å². The van der Waals surface area contributed by atoms with E-state index in [-0.39, 0.29) is 11.4 Å². The van der Waals surface area contributed by atoms with Crippen LogP contribution in [0.2, 0.25) is 0 Å². The zero-order valence-corrected chi connectivity index (χ0v) is 6.96. The van der Waals surface area contributed by atoms with Gasteiger partial charge in [-0.15, -0.1) is 0 Å². The third kappa shape index (κ3) is 1.68. The van der Waals surface area contributed by atoms with Crippen LogP contribution >= 0.6 is 15.9 Å². The van der Waals surface area contributed by atoms with E-state index in [1.165, 1.54) is 12.3 Å². The van der Waals surface area contributed by atoms with Gasteiger partial charge in [-0.05, 0) is 22.0 Å². The summed E-state index contributed by atoms with van der Waals surface area (Å²) in [4.78, 5) is 13.8. The van der Waals surface area contributed by atoms with E-state index >= 15 is 0 Å². The molecule has 5 heteroatoms. The quantitative estimate of drug-likeness (QED) is 0.704. The monoisotopic (exact) mass is 215 g/mol. The van der Waals surface area contributed by atoms with Gasteiger partial charge in [0, 0.05) is 10.7 Å². The number of carbonyl (C=O) groups is 1. The molecular formula is C6H4BrN2O2-. The Morgan fingerprint density at radius 3 is 2.82 bits per heavy atom. The van der Waals surface area contributed by atoms with Gasteiger partial charge in [-0.1, -0.05) is 0 Å². The first kappa shape index (κ1) is 8.00. The Morgan fingerprint density at radius 1 is 1.73 bits per heavy atom. The van der Waals surface area contributed by atoms with Crippen molar-refractivity contribution in [1.82, 2.24) is 4.98 Å². The van der Waals surface area contributed by atoms with Gasteiger partial charge in [-0.25, -0.2) is 0 Å². The minimum Gasteiger partial charge on any atom is -0.543 e. The van der Waals surface area contributed by atoms with Gasteiger partial charge in [0.2, 0.25) is 0 Å². The molecule has 0 radical (unpaired) electrons. The number of nitrogens with two attached hydrogens (primary N) is 1. The maximum atomic E-state index is 10.3. The van der Waals surface area contributed by atoms with Crippen LogP contribution in [-0.2, 0) is 0 Å². The van der Waals surface area contributed by atoms with Crippen LogP contribution in [0.3, 0.4) is 0 Å². The summed E-state index contributed by atoms with van der Waals surface area (Å²) in [6.07, 6.45) is 1.35. The van der Waals surface area contributed by atoms with Crippen molar-refractivity contribution < 1.29 is 9.90 Å². The number of nitrogens with zero attached hydrogens (tertiary/aromatic N) is 1. The summed E-state index contributed by atoms with van der Waals surface area (Å²) in [5, 5.41) is 10.3. The number of hydrogen-bond acceptors (Lipinski definition) is 4. The molecule has 2 N–H and O–H groups in total. The largest absolute Gasteiger partial charge is 0.543 e. The molecule has 0 unspecified atom stereocenters. The number of halogens is 1. The van der Waals surface area contributed by atoms with Crippen molar-refractivity contribution in [3.63, 3.8) is 0 Å². The molecule has 11 heavy (non-hydrogen) atoms. The van der Waals surface area contributed by atoms with Crippen LogP contribution in [0.15, 0.2) is 16.7 Å². The van der Waals surface area contributed by atoms with Crippen molar-refractivity contribution in [2.24, 2.45) is 0 Å². The van der Waals surface area contributed by atoms with Crippen LogP contribution in [0, 0.1) is 0 Å². The normalized spacial score (nSPS) is 9.55. The molecule has 1 aromatic rings. The number of carbonyl (C=O) groups excluding carboxylic acids is 1. The fourth-order valence-electron chi connectivity index (χ4n) is 0.625. The summed E-state index contributed by atoms with van der Waals surface area (Å²) in [6.45, 7) is 0. The van der Waals surface area contributed by atoms with Crippen molar-refractivity contribution >= 4 is 27.6 Å². The van der Waals surface area contributed by atoms with Crippen LogP contribution in [0.5, 0.6) is 0 Å². The molecule has 0 atom stereocenters. The second-order valence-electron chi connectivity index (χ2n) is 1.88. The fraction of sp³-hybridized carbons (Fsp3) is 0. The van der Waals surface area contributed by atoms with E-state index in [9.17, 15) is 9.90 Å². The van der Waals surface area contributed by atoms with Crippen LogP contribution in [0.25, 0.3) is 0 Å². The summed E-state index contributed by atoms with van der Waals surface area (Å²) < 4.78 is 0.639. The van der Waals surface area contributed by atoms with E-state index in [0.29, 0.717) is 4.47 Å². The Labute approximate surface area is 71.2 Å². The average Bonchev–Trinajstić information content (AvgIpc) is 1.85. The van der Waals surface area contributed by atoms with E-state index in [1.54, 1.807) is 0 Å². The van der Waals surface area contributed by atoms with Gasteiger partial charge in [0.05, 0.1) is 11.7 Å². The Bertz CT molecular complexity index is 301. The molecule has 0 aliphatic carbocycles. The predicted molar refractivity (Wildman–Crippen MR) is 40.7 cm³/mol. The molecule has 0 aliphatic heterocycles.